The number of phenols is 1. The highest BCUT2D eigenvalue weighted by Crippen LogP contribution is 2.62. The Balaban J connectivity index is 1.61. The second kappa shape index (κ2) is 6.40. The van der Waals surface area contributed by atoms with Crippen LogP contribution < -0.4 is 0 Å². The average Bonchev–Trinajstić information content (AvgIpc) is 2.85. The van der Waals surface area contributed by atoms with E-state index < -0.39 is 5.97 Å². The lowest BCUT2D eigenvalue weighted by Crippen LogP contribution is -2.44. The minimum Gasteiger partial charge on any atom is -0.508 e. The van der Waals surface area contributed by atoms with E-state index >= 15 is 0 Å². The average molecular weight is 356 g/mol. The molecule has 4 unspecified atom stereocenters. The smallest absolute Gasteiger partial charge is 0.303 e. The van der Waals surface area contributed by atoms with Crippen LogP contribution in [0.15, 0.2) is 18.2 Å². The van der Waals surface area contributed by atoms with Gasteiger partial charge in [0.2, 0.25) is 0 Å². The molecule has 2 saturated carbocycles. The highest BCUT2D eigenvalue weighted by atomic mass is 16.4. The molecule has 0 bridgehead atoms. The number of hydrogen-bond donors (Lipinski definition) is 2. The highest BCUT2D eigenvalue weighted by Gasteiger charge is 2.58. The lowest BCUT2D eigenvalue weighted by Gasteiger charge is -2.50. The van der Waals surface area contributed by atoms with E-state index in [1.165, 1.54) is 11.1 Å². The number of fused-ring (bicyclic) bond motifs is 5. The molecule has 0 aromatic heterocycles. The first-order valence-corrected chi connectivity index (χ1v) is 9.97. The van der Waals surface area contributed by atoms with Gasteiger partial charge in [-0.15, -0.1) is 0 Å². The Bertz CT molecular complexity index is 740. The fourth-order valence-corrected chi connectivity index (χ4v) is 6.41. The van der Waals surface area contributed by atoms with Gasteiger partial charge >= 0.3 is 5.97 Å². The van der Waals surface area contributed by atoms with Gasteiger partial charge in [-0.3, -0.25) is 9.59 Å². The van der Waals surface area contributed by atoms with E-state index in [0.717, 1.165) is 32.1 Å². The lowest BCUT2D eigenvalue weighted by atomic mass is 9.54. The predicted molar refractivity (Wildman–Crippen MR) is 98.1 cm³/mol. The quantitative estimate of drug-likeness (QED) is 0.843. The standard InChI is InChI=1S/C22H28O4/c1-22-10-9-17-16-8-6-15(23)11-13(16)5-7-18(17)21(22)14(12-19(22)24)3-2-4-20(25)26/h6,8,11,14,17-18,21,23H,2-5,7,9-10,12H2,1H3,(H,25,26)/t14?,17?,18?,21?,22-/m1/s1. The third kappa shape index (κ3) is 2.74. The largest absolute Gasteiger partial charge is 0.508 e. The number of aromatic hydroxyl groups is 1. The minimum atomic E-state index is -0.745. The number of phenolic OH excluding ortho intramolecular Hbond substituents is 1. The third-order valence-electron chi connectivity index (χ3n) is 7.52. The number of rotatable bonds is 4. The van der Waals surface area contributed by atoms with E-state index in [1.807, 2.05) is 6.07 Å². The summed E-state index contributed by atoms with van der Waals surface area (Å²) >= 11 is 0. The maximum Gasteiger partial charge on any atom is 0.303 e. The molecule has 0 amide bonds. The number of ketones is 1. The SMILES string of the molecule is C[C@]12CCC3c4ccc(O)cc4CCC3C1C(CCCC(=O)O)CC2=O. The first kappa shape index (κ1) is 17.6. The zero-order chi connectivity index (χ0) is 18.5. The molecule has 5 atom stereocenters. The second-order valence-corrected chi connectivity index (χ2v) is 8.85. The molecule has 1 aromatic rings. The van der Waals surface area contributed by atoms with E-state index in [4.69, 9.17) is 5.11 Å². The Labute approximate surface area is 154 Å². The van der Waals surface area contributed by atoms with Crippen LogP contribution >= 0.6 is 0 Å². The number of hydrogen-bond acceptors (Lipinski definition) is 3. The van der Waals surface area contributed by atoms with Gasteiger partial charge in [0, 0.05) is 18.3 Å². The van der Waals surface area contributed by atoms with Crippen LogP contribution in [0.4, 0.5) is 0 Å². The summed E-state index contributed by atoms with van der Waals surface area (Å²) in [6.45, 7) is 2.17. The number of carboxylic acids is 1. The van der Waals surface area contributed by atoms with Crippen LogP contribution in [0, 0.1) is 23.2 Å². The number of aryl methyl sites for hydroxylation is 1. The highest BCUT2D eigenvalue weighted by molar-refractivity contribution is 5.87. The van der Waals surface area contributed by atoms with E-state index in [-0.39, 0.29) is 11.8 Å². The van der Waals surface area contributed by atoms with E-state index in [1.54, 1.807) is 6.07 Å². The van der Waals surface area contributed by atoms with Crippen molar-refractivity contribution in [1.29, 1.82) is 0 Å². The molecule has 4 nitrogen and oxygen atoms in total. The maximum atomic E-state index is 12.9. The van der Waals surface area contributed by atoms with Crippen LogP contribution in [0.25, 0.3) is 0 Å². The molecule has 3 aliphatic rings. The van der Waals surface area contributed by atoms with Crippen LogP contribution in [0.5, 0.6) is 5.75 Å². The summed E-state index contributed by atoms with van der Waals surface area (Å²) < 4.78 is 0. The predicted octanol–water partition coefficient (Wildman–Crippen LogP) is 4.30. The number of aliphatic carboxylic acids is 1. The van der Waals surface area contributed by atoms with Crippen molar-refractivity contribution in [2.75, 3.05) is 0 Å². The zero-order valence-electron chi connectivity index (χ0n) is 15.4. The molecule has 140 valence electrons. The topological polar surface area (TPSA) is 74.6 Å². The van der Waals surface area contributed by atoms with Crippen molar-refractivity contribution >= 4 is 11.8 Å². The van der Waals surface area contributed by atoms with E-state index in [0.29, 0.717) is 48.0 Å². The summed E-state index contributed by atoms with van der Waals surface area (Å²) in [4.78, 5) is 23.7. The van der Waals surface area contributed by atoms with Crippen molar-refractivity contribution in [3.05, 3.63) is 29.3 Å². The number of carbonyl (C=O) groups excluding carboxylic acids is 1. The van der Waals surface area contributed by atoms with Gasteiger partial charge in [0.15, 0.2) is 0 Å². The monoisotopic (exact) mass is 356 g/mol. The van der Waals surface area contributed by atoms with Gasteiger partial charge in [-0.05, 0) is 85.5 Å². The van der Waals surface area contributed by atoms with Crippen molar-refractivity contribution in [3.8, 4) is 5.75 Å². The molecular formula is C22H28O4. The number of carboxylic acid groups (broad SMARTS) is 1. The normalized spacial score (nSPS) is 35.5. The van der Waals surface area contributed by atoms with E-state index in [9.17, 15) is 14.7 Å². The Kier molecular flexibility index (Phi) is 4.32. The van der Waals surface area contributed by atoms with Gasteiger partial charge in [-0.2, -0.15) is 0 Å². The molecule has 3 aliphatic carbocycles. The molecule has 4 rings (SSSR count). The van der Waals surface area contributed by atoms with Crippen LogP contribution in [0.3, 0.4) is 0 Å². The zero-order valence-corrected chi connectivity index (χ0v) is 15.4. The molecule has 0 spiro atoms. The van der Waals surface area contributed by atoms with Gasteiger partial charge in [0.25, 0.3) is 0 Å². The first-order valence-electron chi connectivity index (χ1n) is 9.97. The minimum absolute atomic E-state index is 0.199. The van der Waals surface area contributed by atoms with Crippen LogP contribution in [0.2, 0.25) is 0 Å². The van der Waals surface area contributed by atoms with E-state index in [2.05, 4.69) is 13.0 Å². The Hall–Kier alpha value is -1.84. The lowest BCUT2D eigenvalue weighted by molar-refractivity contribution is -0.137. The van der Waals surface area contributed by atoms with Crippen LogP contribution in [-0.4, -0.2) is 22.0 Å². The maximum absolute atomic E-state index is 12.9. The molecule has 2 N–H and O–H groups in total. The number of benzene rings is 1. The molecule has 26 heavy (non-hydrogen) atoms. The fraction of sp³-hybridized carbons (Fsp3) is 0.636. The number of Topliss-reactive ketones (excluding diaryl/α,β-unsaturated/α-hetero) is 1. The Morgan fingerprint density at radius 1 is 1.31 bits per heavy atom. The van der Waals surface area contributed by atoms with Crippen LogP contribution in [0.1, 0.15) is 68.9 Å². The summed E-state index contributed by atoms with van der Waals surface area (Å²) in [5.41, 5.74) is 2.41. The molecule has 1 aromatic carbocycles. The molecule has 0 saturated heterocycles. The van der Waals surface area contributed by atoms with Crippen molar-refractivity contribution in [2.24, 2.45) is 23.2 Å². The third-order valence-corrected chi connectivity index (χ3v) is 7.52. The summed E-state index contributed by atoms with van der Waals surface area (Å²) in [6.07, 6.45) is 6.37. The first-order chi connectivity index (χ1) is 12.4. The molecule has 0 heterocycles. The molecule has 0 radical (unpaired) electrons. The van der Waals surface area contributed by atoms with Crippen molar-refractivity contribution in [3.63, 3.8) is 0 Å². The molecule has 0 aliphatic heterocycles. The Morgan fingerprint density at radius 2 is 2.12 bits per heavy atom. The van der Waals surface area contributed by atoms with Gasteiger partial charge < -0.3 is 10.2 Å². The van der Waals surface area contributed by atoms with Crippen molar-refractivity contribution in [2.45, 2.75) is 64.2 Å². The fourth-order valence-electron chi connectivity index (χ4n) is 6.41. The Morgan fingerprint density at radius 3 is 2.88 bits per heavy atom. The summed E-state index contributed by atoms with van der Waals surface area (Å²) in [6, 6.07) is 5.78. The molecule has 2 fully saturated rings. The van der Waals surface area contributed by atoms with Gasteiger partial charge in [-0.25, -0.2) is 0 Å². The van der Waals surface area contributed by atoms with Crippen molar-refractivity contribution < 1.29 is 19.8 Å². The van der Waals surface area contributed by atoms with Gasteiger partial charge in [0.1, 0.15) is 11.5 Å². The summed E-state index contributed by atoms with van der Waals surface area (Å²) in [5, 5.41) is 18.8. The second-order valence-electron chi connectivity index (χ2n) is 8.85. The van der Waals surface area contributed by atoms with Gasteiger partial charge in [-0.1, -0.05) is 13.0 Å². The summed E-state index contributed by atoms with van der Waals surface area (Å²) in [7, 11) is 0. The summed E-state index contributed by atoms with van der Waals surface area (Å²) in [5.74, 6) is 1.69. The van der Waals surface area contributed by atoms with Crippen LogP contribution in [-0.2, 0) is 16.0 Å². The molecular weight excluding hydrogens is 328 g/mol. The van der Waals surface area contributed by atoms with Crippen molar-refractivity contribution in [1.82, 2.24) is 0 Å². The molecule has 4 heteroatoms. The van der Waals surface area contributed by atoms with Gasteiger partial charge in [0.05, 0.1) is 0 Å². The number of carbonyl (C=O) groups is 2.